The molecular formula is C16H16FNO3S. The first kappa shape index (κ1) is 16.2. The zero-order valence-corrected chi connectivity index (χ0v) is 13.0. The van der Waals surface area contributed by atoms with Crippen LogP contribution in [-0.2, 0) is 5.75 Å². The van der Waals surface area contributed by atoms with E-state index < -0.39 is 17.3 Å². The van der Waals surface area contributed by atoms with Gasteiger partial charge in [-0.2, -0.15) is 11.8 Å². The van der Waals surface area contributed by atoms with Crippen molar-refractivity contribution in [1.29, 1.82) is 0 Å². The Kier molecular flexibility index (Phi) is 4.92. The van der Waals surface area contributed by atoms with Crippen LogP contribution in [0.25, 0.3) is 11.1 Å². The monoisotopic (exact) mass is 321 g/mol. The Hall–Kier alpha value is -2.21. The fourth-order valence-corrected chi connectivity index (χ4v) is 2.76. The number of carboxylic acids is 1. The van der Waals surface area contributed by atoms with Crippen LogP contribution in [0.4, 0.5) is 10.1 Å². The van der Waals surface area contributed by atoms with Crippen LogP contribution >= 0.6 is 11.8 Å². The van der Waals surface area contributed by atoms with Gasteiger partial charge in [-0.1, -0.05) is 6.07 Å². The number of carboxylic acid groups (broad SMARTS) is 1. The zero-order chi connectivity index (χ0) is 16.3. The number of anilines is 1. The maximum atomic E-state index is 14.0. The Morgan fingerprint density at radius 1 is 1.36 bits per heavy atom. The number of aromatic carboxylic acids is 1. The molecule has 0 heterocycles. The van der Waals surface area contributed by atoms with Crippen molar-refractivity contribution in [3.63, 3.8) is 0 Å². The molecule has 3 N–H and O–H groups in total. The molecule has 2 aromatic carbocycles. The highest BCUT2D eigenvalue weighted by atomic mass is 32.2. The molecule has 0 fully saturated rings. The maximum absolute atomic E-state index is 14.0. The molecule has 2 aromatic rings. The summed E-state index contributed by atoms with van der Waals surface area (Å²) in [6.07, 6.45) is 1.99. The number of ether oxygens (including phenoxy) is 1. The molecule has 0 aliphatic heterocycles. The second kappa shape index (κ2) is 6.70. The average Bonchev–Trinajstić information content (AvgIpc) is 2.46. The van der Waals surface area contributed by atoms with Gasteiger partial charge < -0.3 is 15.6 Å². The fourth-order valence-electron chi connectivity index (χ4n) is 2.25. The largest absolute Gasteiger partial charge is 0.496 e. The number of benzene rings is 2. The predicted octanol–water partition coefficient (Wildman–Crippen LogP) is 3.64. The fraction of sp³-hybridized carbons (Fsp3) is 0.188. The number of methoxy groups -OCH3 is 1. The van der Waals surface area contributed by atoms with Crippen molar-refractivity contribution in [2.75, 3.05) is 19.1 Å². The van der Waals surface area contributed by atoms with Crippen molar-refractivity contribution in [2.24, 2.45) is 0 Å². The number of carbonyl (C=O) groups is 1. The molecule has 0 radical (unpaired) electrons. The average molecular weight is 321 g/mol. The summed E-state index contributed by atoms with van der Waals surface area (Å²) in [6, 6.07) is 8.25. The van der Waals surface area contributed by atoms with Crippen LogP contribution in [0.5, 0.6) is 5.75 Å². The third-order valence-electron chi connectivity index (χ3n) is 3.22. The molecule has 0 unspecified atom stereocenters. The van der Waals surface area contributed by atoms with E-state index in [-0.39, 0.29) is 5.69 Å². The number of hydrogen-bond donors (Lipinski definition) is 2. The van der Waals surface area contributed by atoms with Crippen molar-refractivity contribution in [3.8, 4) is 16.9 Å². The molecule has 22 heavy (non-hydrogen) atoms. The van der Waals surface area contributed by atoms with Crippen LogP contribution in [0.1, 0.15) is 15.9 Å². The Morgan fingerprint density at radius 3 is 2.64 bits per heavy atom. The van der Waals surface area contributed by atoms with E-state index in [1.165, 1.54) is 19.2 Å². The van der Waals surface area contributed by atoms with Gasteiger partial charge in [-0.3, -0.25) is 0 Å². The van der Waals surface area contributed by atoms with Gasteiger partial charge in [0, 0.05) is 17.0 Å². The summed E-state index contributed by atoms with van der Waals surface area (Å²) in [5, 5.41) is 8.98. The van der Waals surface area contributed by atoms with Crippen LogP contribution in [0.2, 0.25) is 0 Å². The first-order valence-corrected chi connectivity index (χ1v) is 7.85. The number of rotatable bonds is 5. The van der Waals surface area contributed by atoms with E-state index in [2.05, 4.69) is 0 Å². The highest BCUT2D eigenvalue weighted by Crippen LogP contribution is 2.34. The van der Waals surface area contributed by atoms with Gasteiger partial charge in [-0.15, -0.1) is 0 Å². The Morgan fingerprint density at radius 2 is 2.09 bits per heavy atom. The molecular weight excluding hydrogens is 305 g/mol. The lowest BCUT2D eigenvalue weighted by Gasteiger charge is -2.13. The lowest BCUT2D eigenvalue weighted by atomic mass is 9.99. The van der Waals surface area contributed by atoms with Gasteiger partial charge in [0.2, 0.25) is 0 Å². The highest BCUT2D eigenvalue weighted by Gasteiger charge is 2.18. The summed E-state index contributed by atoms with van der Waals surface area (Å²) in [5.74, 6) is -0.862. The second-order valence-corrected chi connectivity index (χ2v) is 5.56. The predicted molar refractivity (Wildman–Crippen MR) is 87.0 cm³/mol. The van der Waals surface area contributed by atoms with Crippen molar-refractivity contribution in [2.45, 2.75) is 5.75 Å². The summed E-state index contributed by atoms with van der Waals surface area (Å²) in [7, 11) is 1.53. The van der Waals surface area contributed by atoms with Gasteiger partial charge in [0.15, 0.2) is 0 Å². The van der Waals surface area contributed by atoms with Gasteiger partial charge in [0.1, 0.15) is 17.1 Å². The molecule has 0 aliphatic rings. The standard InChI is InChI=1S/C16H16FNO3S/c1-21-14-4-3-9(8-22-2)5-11(14)10-6-12(17)15(16(19)20)13(18)7-10/h3-7H,8,18H2,1-2H3,(H,19,20). The molecule has 0 aliphatic carbocycles. The molecule has 0 saturated heterocycles. The smallest absolute Gasteiger partial charge is 0.340 e. The summed E-state index contributed by atoms with van der Waals surface area (Å²) < 4.78 is 19.3. The summed E-state index contributed by atoms with van der Waals surface area (Å²) in [6.45, 7) is 0. The third kappa shape index (κ3) is 3.17. The topological polar surface area (TPSA) is 72.5 Å². The molecule has 0 bridgehead atoms. The van der Waals surface area contributed by atoms with E-state index in [0.717, 1.165) is 11.3 Å². The van der Waals surface area contributed by atoms with Crippen molar-refractivity contribution in [3.05, 3.63) is 47.3 Å². The van der Waals surface area contributed by atoms with Crippen LogP contribution in [0, 0.1) is 5.82 Å². The van der Waals surface area contributed by atoms with E-state index in [0.29, 0.717) is 16.9 Å². The van der Waals surface area contributed by atoms with Crippen molar-refractivity contribution in [1.82, 2.24) is 0 Å². The van der Waals surface area contributed by atoms with Crippen LogP contribution in [-0.4, -0.2) is 24.4 Å². The molecule has 6 heteroatoms. The van der Waals surface area contributed by atoms with E-state index >= 15 is 0 Å². The van der Waals surface area contributed by atoms with Crippen molar-refractivity contribution >= 4 is 23.4 Å². The van der Waals surface area contributed by atoms with Crippen LogP contribution in [0.3, 0.4) is 0 Å². The zero-order valence-electron chi connectivity index (χ0n) is 12.2. The van der Waals surface area contributed by atoms with Crippen LogP contribution < -0.4 is 10.5 Å². The van der Waals surface area contributed by atoms with E-state index in [1.54, 1.807) is 17.8 Å². The number of nitrogen functional groups attached to an aromatic ring is 1. The van der Waals surface area contributed by atoms with Gasteiger partial charge >= 0.3 is 5.97 Å². The minimum atomic E-state index is -1.38. The first-order valence-electron chi connectivity index (χ1n) is 6.46. The van der Waals surface area contributed by atoms with Gasteiger partial charge in [-0.25, -0.2) is 9.18 Å². The Balaban J connectivity index is 2.60. The number of hydrogen-bond acceptors (Lipinski definition) is 4. The molecule has 0 atom stereocenters. The Bertz CT molecular complexity index is 696. The number of nitrogens with two attached hydrogens (primary N) is 1. The molecule has 116 valence electrons. The van der Waals surface area contributed by atoms with E-state index in [9.17, 15) is 9.18 Å². The quantitative estimate of drug-likeness (QED) is 0.823. The molecule has 0 aromatic heterocycles. The molecule has 0 spiro atoms. The van der Waals surface area contributed by atoms with Crippen molar-refractivity contribution < 1.29 is 19.0 Å². The van der Waals surface area contributed by atoms with Gasteiger partial charge in [0.05, 0.1) is 7.11 Å². The molecule has 2 rings (SSSR count). The van der Waals surface area contributed by atoms with Gasteiger partial charge in [-0.05, 0) is 41.6 Å². The van der Waals surface area contributed by atoms with Crippen LogP contribution in [0.15, 0.2) is 30.3 Å². The van der Waals surface area contributed by atoms with E-state index in [1.807, 2.05) is 18.4 Å². The lowest BCUT2D eigenvalue weighted by Crippen LogP contribution is -2.06. The minimum Gasteiger partial charge on any atom is -0.496 e. The third-order valence-corrected chi connectivity index (χ3v) is 3.84. The molecule has 0 saturated carbocycles. The summed E-state index contributed by atoms with van der Waals surface area (Å²) in [4.78, 5) is 11.0. The van der Waals surface area contributed by atoms with Gasteiger partial charge in [0.25, 0.3) is 0 Å². The maximum Gasteiger partial charge on any atom is 0.340 e. The summed E-state index contributed by atoms with van der Waals surface area (Å²) >= 11 is 1.67. The highest BCUT2D eigenvalue weighted by molar-refractivity contribution is 7.97. The molecule has 0 amide bonds. The Labute approximate surface area is 132 Å². The lowest BCUT2D eigenvalue weighted by molar-refractivity contribution is 0.0693. The number of thioether (sulfide) groups is 1. The SMILES string of the molecule is COc1ccc(CSC)cc1-c1cc(N)c(C(=O)O)c(F)c1. The second-order valence-electron chi connectivity index (χ2n) is 4.70. The minimum absolute atomic E-state index is 0.111. The van der Waals surface area contributed by atoms with E-state index in [4.69, 9.17) is 15.6 Å². The first-order chi connectivity index (χ1) is 10.5. The summed E-state index contributed by atoms with van der Waals surface area (Å²) in [5.41, 5.74) is 7.28. The normalized spacial score (nSPS) is 10.5. The molecule has 4 nitrogen and oxygen atoms in total. The number of halogens is 1.